The Bertz CT molecular complexity index is 1020. The van der Waals surface area contributed by atoms with Gasteiger partial charge in [0.05, 0.1) is 24.1 Å². The lowest BCUT2D eigenvalue weighted by atomic mass is 10.1. The number of carbonyl (C=O) groups is 1. The smallest absolute Gasteiger partial charge is 0.221 e. The average molecular weight is 349 g/mol. The van der Waals surface area contributed by atoms with Crippen molar-refractivity contribution < 1.29 is 9.53 Å². The lowest BCUT2D eigenvalue weighted by Crippen LogP contribution is -2.06. The molecule has 0 saturated carbocycles. The van der Waals surface area contributed by atoms with Crippen molar-refractivity contribution in [1.82, 2.24) is 19.6 Å². The molecule has 0 bridgehead atoms. The van der Waals surface area contributed by atoms with Crippen LogP contribution in [-0.2, 0) is 30.9 Å². The van der Waals surface area contributed by atoms with E-state index in [1.165, 1.54) is 12.6 Å². The van der Waals surface area contributed by atoms with E-state index in [1.807, 2.05) is 29.1 Å². The molecule has 0 atom stereocenters. The van der Waals surface area contributed by atoms with Gasteiger partial charge >= 0.3 is 0 Å². The molecule has 2 aromatic heterocycles. The minimum Gasteiger partial charge on any atom is -0.487 e. The third-order valence-electron chi connectivity index (χ3n) is 4.95. The zero-order valence-corrected chi connectivity index (χ0v) is 14.5. The molecule has 4 heterocycles. The summed E-state index contributed by atoms with van der Waals surface area (Å²) in [5.74, 6) is 0.694. The zero-order chi connectivity index (χ0) is 17.7. The van der Waals surface area contributed by atoms with Crippen molar-refractivity contribution in [3.8, 4) is 17.0 Å². The second-order valence-corrected chi connectivity index (χ2v) is 6.80. The van der Waals surface area contributed by atoms with Gasteiger partial charge in [0.25, 0.3) is 0 Å². The summed E-state index contributed by atoms with van der Waals surface area (Å²) in [5, 5.41) is 12.1. The van der Waals surface area contributed by atoms with Gasteiger partial charge in [-0.05, 0) is 25.0 Å². The Kier molecular flexibility index (Phi) is 3.34. The Balaban J connectivity index is 1.47. The van der Waals surface area contributed by atoms with E-state index in [4.69, 9.17) is 9.84 Å². The van der Waals surface area contributed by atoms with Gasteiger partial charge in [-0.25, -0.2) is 0 Å². The molecule has 0 spiro atoms. The third-order valence-corrected chi connectivity index (χ3v) is 4.95. The summed E-state index contributed by atoms with van der Waals surface area (Å²) in [6.07, 6.45) is 4.13. The highest BCUT2D eigenvalue weighted by atomic mass is 16.5. The molecular weight excluding hydrogens is 330 g/mol. The van der Waals surface area contributed by atoms with E-state index >= 15 is 0 Å². The molecule has 7 heteroatoms. The highest BCUT2D eigenvalue weighted by molar-refractivity contribution is 5.88. The fourth-order valence-corrected chi connectivity index (χ4v) is 3.73. The number of ether oxygens (including phenoxy) is 1. The number of rotatable bonds is 2. The van der Waals surface area contributed by atoms with Gasteiger partial charge in [0, 0.05) is 42.0 Å². The molecular formula is C19H19N5O2. The van der Waals surface area contributed by atoms with E-state index in [0.717, 1.165) is 53.3 Å². The molecule has 132 valence electrons. The van der Waals surface area contributed by atoms with E-state index in [9.17, 15) is 4.79 Å². The highest BCUT2D eigenvalue weighted by Crippen LogP contribution is 2.32. The van der Waals surface area contributed by atoms with E-state index in [-0.39, 0.29) is 5.91 Å². The minimum absolute atomic E-state index is 0.0927. The van der Waals surface area contributed by atoms with Crippen LogP contribution in [0.15, 0.2) is 30.5 Å². The monoisotopic (exact) mass is 349 g/mol. The molecule has 0 saturated heterocycles. The Morgan fingerprint density at radius 2 is 2.19 bits per heavy atom. The van der Waals surface area contributed by atoms with E-state index in [2.05, 4.69) is 21.2 Å². The summed E-state index contributed by atoms with van der Waals surface area (Å²) < 4.78 is 10.1. The summed E-state index contributed by atoms with van der Waals surface area (Å²) in [4.78, 5) is 11.2. The van der Waals surface area contributed by atoms with Crippen LogP contribution in [-0.4, -0.2) is 25.5 Å². The van der Waals surface area contributed by atoms with Crippen LogP contribution >= 0.6 is 0 Å². The third kappa shape index (κ3) is 2.47. The quantitative estimate of drug-likeness (QED) is 0.772. The van der Waals surface area contributed by atoms with Gasteiger partial charge in [-0.15, -0.1) is 0 Å². The summed E-state index contributed by atoms with van der Waals surface area (Å²) in [6, 6.07) is 7.84. The standard InChI is InChI=1S/C19H19N5O2/c1-12(25)21-14-5-4-13-10-24-15(11-26-19(13)7-14)8-17(22-24)16-9-20-23-6-2-3-18(16)23/h4-5,7-9H,2-3,6,10-11H2,1H3,(H,21,25). The largest absolute Gasteiger partial charge is 0.487 e. The fourth-order valence-electron chi connectivity index (χ4n) is 3.73. The van der Waals surface area contributed by atoms with Crippen LogP contribution in [0, 0.1) is 0 Å². The topological polar surface area (TPSA) is 74.0 Å². The van der Waals surface area contributed by atoms with Crippen LogP contribution in [0.4, 0.5) is 5.69 Å². The van der Waals surface area contributed by atoms with Crippen molar-refractivity contribution in [2.45, 2.75) is 39.5 Å². The van der Waals surface area contributed by atoms with Crippen molar-refractivity contribution in [3.63, 3.8) is 0 Å². The minimum atomic E-state index is -0.0927. The van der Waals surface area contributed by atoms with E-state index in [0.29, 0.717) is 13.2 Å². The molecule has 26 heavy (non-hydrogen) atoms. The van der Waals surface area contributed by atoms with Crippen molar-refractivity contribution in [1.29, 1.82) is 0 Å². The Labute approximate surface area is 150 Å². The summed E-state index contributed by atoms with van der Waals surface area (Å²) in [5.41, 5.74) is 6.20. The Morgan fingerprint density at radius 3 is 3.08 bits per heavy atom. The van der Waals surface area contributed by atoms with Crippen molar-refractivity contribution in [3.05, 3.63) is 47.4 Å². The molecule has 0 radical (unpaired) electrons. The number of anilines is 1. The molecule has 0 unspecified atom stereocenters. The summed E-state index contributed by atoms with van der Waals surface area (Å²) >= 11 is 0. The van der Waals surface area contributed by atoms with Crippen LogP contribution in [0.3, 0.4) is 0 Å². The first-order valence-corrected chi connectivity index (χ1v) is 8.82. The normalized spacial score (nSPS) is 14.8. The second-order valence-electron chi connectivity index (χ2n) is 6.80. The molecule has 5 rings (SSSR count). The zero-order valence-electron chi connectivity index (χ0n) is 14.5. The molecule has 0 aliphatic carbocycles. The Morgan fingerprint density at radius 1 is 1.27 bits per heavy atom. The number of nitrogens with zero attached hydrogens (tertiary/aromatic N) is 4. The van der Waals surface area contributed by atoms with Crippen molar-refractivity contribution in [2.75, 3.05) is 5.32 Å². The van der Waals surface area contributed by atoms with Gasteiger partial charge in [0.1, 0.15) is 12.4 Å². The average Bonchev–Trinajstić information content (AvgIpc) is 3.28. The number of hydrogen-bond donors (Lipinski definition) is 1. The van der Waals surface area contributed by atoms with E-state index < -0.39 is 0 Å². The van der Waals surface area contributed by atoms with Gasteiger partial charge in [0.2, 0.25) is 5.91 Å². The number of hydrogen-bond acceptors (Lipinski definition) is 4. The second kappa shape index (κ2) is 5.72. The number of fused-ring (bicyclic) bond motifs is 3. The van der Waals surface area contributed by atoms with Crippen LogP contribution in [0.25, 0.3) is 11.3 Å². The number of benzene rings is 1. The lowest BCUT2D eigenvalue weighted by Gasteiger charge is -2.09. The predicted molar refractivity (Wildman–Crippen MR) is 95.9 cm³/mol. The molecule has 1 N–H and O–H groups in total. The number of amides is 1. The first kappa shape index (κ1) is 15.2. The van der Waals surface area contributed by atoms with Crippen LogP contribution in [0.2, 0.25) is 0 Å². The lowest BCUT2D eigenvalue weighted by molar-refractivity contribution is -0.114. The first-order valence-electron chi connectivity index (χ1n) is 8.82. The number of aryl methyl sites for hydroxylation is 1. The molecule has 1 amide bonds. The number of nitrogens with one attached hydrogen (secondary N) is 1. The summed E-state index contributed by atoms with van der Waals surface area (Å²) in [7, 11) is 0. The molecule has 0 fully saturated rings. The van der Waals surface area contributed by atoms with Gasteiger partial charge in [0.15, 0.2) is 0 Å². The number of carbonyl (C=O) groups excluding carboxylic acids is 1. The molecule has 2 aliphatic heterocycles. The molecule has 2 aliphatic rings. The molecule has 1 aromatic carbocycles. The SMILES string of the molecule is CC(=O)Nc1ccc2c(c1)OCc1cc(-c3cnn4c3CCC4)nn1C2. The maximum absolute atomic E-state index is 11.2. The number of aromatic nitrogens is 4. The van der Waals surface area contributed by atoms with Crippen molar-refractivity contribution >= 4 is 11.6 Å². The van der Waals surface area contributed by atoms with E-state index in [1.54, 1.807) is 0 Å². The van der Waals surface area contributed by atoms with Gasteiger partial charge in [-0.2, -0.15) is 10.2 Å². The maximum Gasteiger partial charge on any atom is 0.221 e. The van der Waals surface area contributed by atoms with Gasteiger partial charge in [-0.1, -0.05) is 6.07 Å². The van der Waals surface area contributed by atoms with Crippen LogP contribution in [0.1, 0.15) is 30.3 Å². The fraction of sp³-hybridized carbons (Fsp3) is 0.316. The molecule has 3 aromatic rings. The molecule has 7 nitrogen and oxygen atoms in total. The van der Waals surface area contributed by atoms with Gasteiger partial charge < -0.3 is 10.1 Å². The van der Waals surface area contributed by atoms with Crippen LogP contribution < -0.4 is 10.1 Å². The van der Waals surface area contributed by atoms with Crippen LogP contribution in [0.5, 0.6) is 5.75 Å². The summed E-state index contributed by atoms with van der Waals surface area (Å²) in [6.45, 7) is 3.59. The predicted octanol–water partition coefficient (Wildman–Crippen LogP) is 2.59. The Hall–Kier alpha value is -3.09. The van der Waals surface area contributed by atoms with Crippen molar-refractivity contribution in [2.24, 2.45) is 0 Å². The highest BCUT2D eigenvalue weighted by Gasteiger charge is 2.22. The first-order chi connectivity index (χ1) is 12.7. The maximum atomic E-state index is 11.2. The van der Waals surface area contributed by atoms with Gasteiger partial charge in [-0.3, -0.25) is 14.2 Å².